The van der Waals surface area contributed by atoms with Crippen molar-refractivity contribution in [2.75, 3.05) is 24.0 Å². The molecule has 8 nitrogen and oxygen atoms in total. The molecule has 220 valence electrons. The van der Waals surface area contributed by atoms with Gasteiger partial charge >= 0.3 is 0 Å². The van der Waals surface area contributed by atoms with Crippen molar-refractivity contribution in [2.24, 2.45) is 0 Å². The number of sulfonamides is 1. The Morgan fingerprint density at radius 2 is 1.66 bits per heavy atom. The molecule has 0 heterocycles. The van der Waals surface area contributed by atoms with E-state index in [1.165, 1.54) is 23.1 Å². The largest absolute Gasteiger partial charge is 0.494 e. The zero-order valence-electron chi connectivity index (χ0n) is 22.9. The fourth-order valence-electron chi connectivity index (χ4n) is 3.95. The van der Waals surface area contributed by atoms with Gasteiger partial charge in [-0.15, -0.1) is 0 Å². The van der Waals surface area contributed by atoms with Gasteiger partial charge in [0.1, 0.15) is 24.2 Å². The zero-order valence-corrected chi connectivity index (χ0v) is 25.3. The van der Waals surface area contributed by atoms with E-state index in [1.807, 2.05) is 13.8 Å². The van der Waals surface area contributed by atoms with Crippen LogP contribution in [0, 0.1) is 5.82 Å². The average Bonchev–Trinajstić information content (AvgIpc) is 2.94. The van der Waals surface area contributed by atoms with Crippen LogP contribution in [0.3, 0.4) is 0 Å². The summed E-state index contributed by atoms with van der Waals surface area (Å²) in [5, 5.41) is 3.46. The van der Waals surface area contributed by atoms with Crippen molar-refractivity contribution < 1.29 is 27.1 Å². The van der Waals surface area contributed by atoms with Gasteiger partial charge in [-0.2, -0.15) is 0 Å². The number of carbonyl (C=O) groups excluding carboxylic acids is 2. The van der Waals surface area contributed by atoms with Crippen LogP contribution in [0.25, 0.3) is 0 Å². The van der Waals surface area contributed by atoms with Crippen molar-refractivity contribution in [3.05, 3.63) is 88.2 Å². The number of amides is 2. The van der Waals surface area contributed by atoms with Crippen molar-refractivity contribution in [2.45, 2.75) is 44.7 Å². The molecule has 0 aliphatic rings. The predicted molar refractivity (Wildman–Crippen MR) is 158 cm³/mol. The highest BCUT2D eigenvalue weighted by Gasteiger charge is 2.33. The molecular weight excluding hydrogens is 592 g/mol. The molecule has 3 aromatic rings. The molecule has 3 aromatic carbocycles. The van der Waals surface area contributed by atoms with Crippen molar-refractivity contribution >= 4 is 50.7 Å². The Balaban J connectivity index is 2.04. The molecule has 0 radical (unpaired) electrons. The Hall–Kier alpha value is -3.34. The summed E-state index contributed by atoms with van der Waals surface area (Å²) in [6.45, 7) is 5.36. The predicted octanol–water partition coefficient (Wildman–Crippen LogP) is 5.67. The number of carbonyl (C=O) groups is 2. The van der Waals surface area contributed by atoms with E-state index in [1.54, 1.807) is 31.2 Å². The van der Waals surface area contributed by atoms with E-state index >= 15 is 0 Å². The number of rotatable bonds is 13. The number of halogens is 3. The number of hydrogen-bond donors (Lipinski definition) is 1. The Morgan fingerprint density at radius 1 is 1.00 bits per heavy atom. The summed E-state index contributed by atoms with van der Waals surface area (Å²) in [7, 11) is -4.34. The average molecular weight is 625 g/mol. The van der Waals surface area contributed by atoms with Crippen LogP contribution in [0.2, 0.25) is 10.0 Å². The lowest BCUT2D eigenvalue weighted by molar-refractivity contribution is -0.139. The second-order valence-corrected chi connectivity index (χ2v) is 11.8. The fourth-order valence-corrected chi connectivity index (χ4v) is 5.83. The van der Waals surface area contributed by atoms with E-state index in [0.29, 0.717) is 40.9 Å². The van der Waals surface area contributed by atoms with Gasteiger partial charge in [0.2, 0.25) is 11.8 Å². The summed E-state index contributed by atoms with van der Waals surface area (Å²) >= 11 is 12.4. The van der Waals surface area contributed by atoms with Gasteiger partial charge < -0.3 is 15.0 Å². The van der Waals surface area contributed by atoms with Crippen LogP contribution in [0.15, 0.2) is 71.6 Å². The molecule has 3 rings (SSSR count). The fraction of sp³-hybridized carbons (Fsp3) is 0.310. The second kappa shape index (κ2) is 14.5. The van der Waals surface area contributed by atoms with Crippen molar-refractivity contribution in [1.82, 2.24) is 10.2 Å². The van der Waals surface area contributed by atoms with Crippen LogP contribution in [-0.4, -0.2) is 50.9 Å². The van der Waals surface area contributed by atoms with Crippen LogP contribution < -0.4 is 14.4 Å². The van der Waals surface area contributed by atoms with Crippen LogP contribution in [0.5, 0.6) is 5.75 Å². The molecule has 0 aliphatic heterocycles. The molecule has 0 aliphatic carbocycles. The summed E-state index contributed by atoms with van der Waals surface area (Å²) < 4.78 is 47.6. The zero-order chi connectivity index (χ0) is 30.2. The third-order valence-electron chi connectivity index (χ3n) is 6.19. The van der Waals surface area contributed by atoms with E-state index in [9.17, 15) is 22.4 Å². The first-order valence-electron chi connectivity index (χ1n) is 13.0. The van der Waals surface area contributed by atoms with Crippen molar-refractivity contribution in [1.29, 1.82) is 0 Å². The highest BCUT2D eigenvalue weighted by atomic mass is 35.5. The van der Waals surface area contributed by atoms with Crippen molar-refractivity contribution in [3.8, 4) is 5.75 Å². The lowest BCUT2D eigenvalue weighted by Crippen LogP contribution is -2.51. The molecule has 1 unspecified atom stereocenters. The molecule has 1 N–H and O–H groups in total. The number of nitrogens with zero attached hydrogens (tertiary/aromatic N) is 2. The van der Waals surface area contributed by atoms with Gasteiger partial charge in [0.15, 0.2) is 0 Å². The quantitative estimate of drug-likeness (QED) is 0.265. The third kappa shape index (κ3) is 8.34. The summed E-state index contributed by atoms with van der Waals surface area (Å²) in [5.74, 6) is -1.15. The Labute approximate surface area is 250 Å². The molecular formula is C29H32Cl2FN3O5S. The maximum absolute atomic E-state index is 13.9. The maximum Gasteiger partial charge on any atom is 0.264 e. The van der Waals surface area contributed by atoms with Crippen LogP contribution >= 0.6 is 23.2 Å². The van der Waals surface area contributed by atoms with Crippen LogP contribution in [-0.2, 0) is 26.2 Å². The van der Waals surface area contributed by atoms with Gasteiger partial charge in [0.05, 0.1) is 17.2 Å². The minimum Gasteiger partial charge on any atom is -0.494 e. The number of anilines is 1. The van der Waals surface area contributed by atoms with E-state index in [4.69, 9.17) is 27.9 Å². The first kappa shape index (κ1) is 32.2. The maximum atomic E-state index is 13.9. The molecule has 12 heteroatoms. The molecule has 41 heavy (non-hydrogen) atoms. The summed E-state index contributed by atoms with van der Waals surface area (Å²) in [4.78, 5) is 27.9. The van der Waals surface area contributed by atoms with E-state index < -0.39 is 40.2 Å². The minimum absolute atomic E-state index is 0.0801. The van der Waals surface area contributed by atoms with E-state index in [-0.39, 0.29) is 17.1 Å². The van der Waals surface area contributed by atoms with E-state index in [2.05, 4.69) is 5.32 Å². The minimum atomic E-state index is -4.34. The first-order chi connectivity index (χ1) is 19.5. The van der Waals surface area contributed by atoms with Gasteiger partial charge in [0, 0.05) is 23.1 Å². The number of hydrogen-bond acceptors (Lipinski definition) is 5. The third-order valence-corrected chi connectivity index (χ3v) is 8.56. The summed E-state index contributed by atoms with van der Waals surface area (Å²) in [6, 6.07) is 14.3. The van der Waals surface area contributed by atoms with Gasteiger partial charge in [0.25, 0.3) is 10.0 Å². The summed E-state index contributed by atoms with van der Waals surface area (Å²) in [6.07, 6.45) is 0.691. The van der Waals surface area contributed by atoms with Gasteiger partial charge in [-0.3, -0.25) is 13.9 Å². The Morgan fingerprint density at radius 3 is 2.24 bits per heavy atom. The molecule has 0 saturated carbocycles. The topological polar surface area (TPSA) is 96.0 Å². The first-order valence-corrected chi connectivity index (χ1v) is 15.2. The standard InChI is InChI=1S/C29H32Cl2FN3O5S/c1-4-16-33-29(37)20(3)34(18-21-6-7-22(30)17-27(21)31)28(36)19-35(24-10-12-25(13-11-24)40-5-2)41(38,39)26-14-8-23(32)9-15-26/h6-15,17,20H,4-5,16,18-19H2,1-3H3,(H,33,37). The lowest BCUT2D eigenvalue weighted by Gasteiger charge is -2.32. The highest BCUT2D eigenvalue weighted by molar-refractivity contribution is 7.92. The van der Waals surface area contributed by atoms with Crippen LogP contribution in [0.4, 0.5) is 10.1 Å². The smallest absolute Gasteiger partial charge is 0.264 e. The lowest BCUT2D eigenvalue weighted by atomic mass is 10.1. The Kier molecular flexibility index (Phi) is 11.4. The normalized spacial score (nSPS) is 12.0. The number of benzene rings is 3. The monoisotopic (exact) mass is 623 g/mol. The molecule has 0 spiro atoms. The molecule has 0 aromatic heterocycles. The van der Waals surface area contributed by atoms with Crippen LogP contribution in [0.1, 0.15) is 32.8 Å². The number of nitrogens with one attached hydrogen (secondary N) is 1. The number of ether oxygens (including phenoxy) is 1. The second-order valence-electron chi connectivity index (χ2n) is 9.12. The van der Waals surface area contributed by atoms with E-state index in [0.717, 1.165) is 28.6 Å². The van der Waals surface area contributed by atoms with Gasteiger partial charge in [-0.25, -0.2) is 12.8 Å². The summed E-state index contributed by atoms with van der Waals surface area (Å²) in [5.41, 5.74) is 0.701. The molecule has 0 saturated heterocycles. The highest BCUT2D eigenvalue weighted by Crippen LogP contribution is 2.28. The molecule has 1 atom stereocenters. The Bertz CT molecular complexity index is 1450. The molecule has 2 amide bonds. The van der Waals surface area contributed by atoms with Crippen molar-refractivity contribution in [3.63, 3.8) is 0 Å². The molecule has 0 fully saturated rings. The van der Waals surface area contributed by atoms with Gasteiger partial charge in [-0.1, -0.05) is 36.2 Å². The SMILES string of the molecule is CCCNC(=O)C(C)N(Cc1ccc(Cl)cc1Cl)C(=O)CN(c1ccc(OCC)cc1)S(=O)(=O)c1ccc(F)cc1. The molecule has 0 bridgehead atoms. The van der Waals surface area contributed by atoms with Gasteiger partial charge in [-0.05, 0) is 86.5 Å².